The molecule has 0 saturated heterocycles. The molecule has 0 bridgehead atoms. The van der Waals surface area contributed by atoms with Crippen LogP contribution in [0.25, 0.3) is 6.08 Å². The molecular weight excluding hydrogens is 342 g/mol. The average Bonchev–Trinajstić information content (AvgIpc) is 2.68. The summed E-state index contributed by atoms with van der Waals surface area (Å²) in [6.07, 6.45) is 6.42. The van der Waals surface area contributed by atoms with E-state index >= 15 is 0 Å². The molecule has 27 heavy (non-hydrogen) atoms. The summed E-state index contributed by atoms with van der Waals surface area (Å²) in [7, 11) is 0. The number of para-hydroxylation sites is 1. The van der Waals surface area contributed by atoms with Crippen LogP contribution in [-0.4, -0.2) is 27.7 Å². The van der Waals surface area contributed by atoms with E-state index in [4.69, 9.17) is 0 Å². The van der Waals surface area contributed by atoms with Crippen molar-refractivity contribution in [3.05, 3.63) is 95.6 Å². The first-order chi connectivity index (χ1) is 13.0. The van der Waals surface area contributed by atoms with Gasteiger partial charge in [-0.15, -0.1) is 0 Å². The first kappa shape index (κ1) is 18.2. The fraction of sp³-hybridized carbons (Fsp3) is 0.0909. The van der Waals surface area contributed by atoms with Crippen molar-refractivity contribution >= 4 is 23.7 Å². The van der Waals surface area contributed by atoms with E-state index in [0.29, 0.717) is 11.3 Å². The van der Waals surface area contributed by atoms with Crippen LogP contribution in [0.2, 0.25) is 0 Å². The standard InChI is InChI=1S/C22H19NO4/c24-20(25)19(15-16-7-3-1-4-8-16)17-11-13-22(14-12-17,21(26)27)23-18-9-5-2-6-10-18/h1-13,15,23H,14H2,(H,24,25)(H,26,27). The van der Waals surface area contributed by atoms with Crippen molar-refractivity contribution in [2.24, 2.45) is 0 Å². The largest absolute Gasteiger partial charge is 0.479 e. The SMILES string of the molecule is O=C(O)C(=Cc1ccccc1)C1=CCC(Nc2ccccc2)(C(=O)O)C=C1. The number of aliphatic carboxylic acids is 2. The van der Waals surface area contributed by atoms with E-state index < -0.39 is 17.5 Å². The number of hydrogen-bond donors (Lipinski definition) is 3. The van der Waals surface area contributed by atoms with Gasteiger partial charge in [-0.1, -0.05) is 60.7 Å². The molecule has 0 fully saturated rings. The number of carboxylic acid groups (broad SMARTS) is 2. The van der Waals surface area contributed by atoms with Gasteiger partial charge in [0.05, 0.1) is 5.57 Å². The van der Waals surface area contributed by atoms with Crippen LogP contribution in [0.3, 0.4) is 0 Å². The molecule has 5 heteroatoms. The maximum atomic E-state index is 11.9. The Balaban J connectivity index is 1.89. The van der Waals surface area contributed by atoms with Gasteiger partial charge in [0.2, 0.25) is 0 Å². The van der Waals surface area contributed by atoms with Crippen LogP contribution < -0.4 is 5.32 Å². The lowest BCUT2D eigenvalue weighted by Gasteiger charge is -2.30. The summed E-state index contributed by atoms with van der Waals surface area (Å²) in [6, 6.07) is 18.2. The van der Waals surface area contributed by atoms with E-state index in [1.165, 1.54) is 6.08 Å². The molecule has 0 aromatic heterocycles. The van der Waals surface area contributed by atoms with Crippen molar-refractivity contribution in [1.82, 2.24) is 0 Å². The second kappa shape index (κ2) is 7.74. The molecule has 0 aliphatic heterocycles. The Bertz CT molecular complexity index is 929. The van der Waals surface area contributed by atoms with Gasteiger partial charge in [-0.25, -0.2) is 9.59 Å². The van der Waals surface area contributed by atoms with E-state index in [1.54, 1.807) is 30.4 Å². The van der Waals surface area contributed by atoms with Crippen LogP contribution in [0.15, 0.2) is 90.0 Å². The topological polar surface area (TPSA) is 86.6 Å². The molecule has 1 aliphatic carbocycles. The van der Waals surface area contributed by atoms with Crippen molar-refractivity contribution in [2.75, 3.05) is 5.32 Å². The van der Waals surface area contributed by atoms with Crippen LogP contribution in [0, 0.1) is 0 Å². The Labute approximate surface area is 157 Å². The Morgan fingerprint density at radius 3 is 2.11 bits per heavy atom. The van der Waals surface area contributed by atoms with Crippen LogP contribution in [-0.2, 0) is 9.59 Å². The first-order valence-electron chi connectivity index (χ1n) is 8.47. The highest BCUT2D eigenvalue weighted by molar-refractivity contribution is 5.98. The van der Waals surface area contributed by atoms with Crippen LogP contribution in [0.5, 0.6) is 0 Å². The van der Waals surface area contributed by atoms with Crippen molar-refractivity contribution in [3.63, 3.8) is 0 Å². The molecule has 0 spiro atoms. The molecular formula is C22H19NO4. The molecule has 136 valence electrons. The highest BCUT2D eigenvalue weighted by Crippen LogP contribution is 2.29. The maximum Gasteiger partial charge on any atom is 0.336 e. The lowest BCUT2D eigenvalue weighted by Crippen LogP contribution is -2.45. The monoisotopic (exact) mass is 361 g/mol. The van der Waals surface area contributed by atoms with Gasteiger partial charge in [-0.05, 0) is 35.4 Å². The van der Waals surface area contributed by atoms with E-state index in [2.05, 4.69) is 5.32 Å². The van der Waals surface area contributed by atoms with Gasteiger partial charge in [-0.3, -0.25) is 0 Å². The van der Waals surface area contributed by atoms with E-state index in [9.17, 15) is 19.8 Å². The number of anilines is 1. The summed E-state index contributed by atoms with van der Waals surface area (Å²) < 4.78 is 0. The second-order valence-corrected chi connectivity index (χ2v) is 6.24. The number of allylic oxidation sites excluding steroid dienone is 1. The fourth-order valence-electron chi connectivity index (χ4n) is 2.91. The third-order valence-electron chi connectivity index (χ3n) is 4.37. The van der Waals surface area contributed by atoms with Gasteiger partial charge in [0, 0.05) is 12.1 Å². The second-order valence-electron chi connectivity index (χ2n) is 6.24. The highest BCUT2D eigenvalue weighted by Gasteiger charge is 2.37. The molecule has 0 heterocycles. The lowest BCUT2D eigenvalue weighted by molar-refractivity contribution is -0.140. The first-order valence-corrected chi connectivity index (χ1v) is 8.47. The quantitative estimate of drug-likeness (QED) is 0.678. The molecule has 3 N–H and O–H groups in total. The Hall–Kier alpha value is -3.60. The maximum absolute atomic E-state index is 11.9. The van der Waals surface area contributed by atoms with Gasteiger partial charge >= 0.3 is 11.9 Å². The molecule has 3 rings (SSSR count). The fourth-order valence-corrected chi connectivity index (χ4v) is 2.91. The van der Waals surface area contributed by atoms with E-state index in [1.807, 2.05) is 48.5 Å². The summed E-state index contributed by atoms with van der Waals surface area (Å²) in [5, 5.41) is 22.4. The van der Waals surface area contributed by atoms with E-state index in [-0.39, 0.29) is 12.0 Å². The number of carbonyl (C=O) groups is 2. The lowest BCUT2D eigenvalue weighted by atomic mass is 9.85. The molecule has 1 unspecified atom stereocenters. The summed E-state index contributed by atoms with van der Waals surface area (Å²) in [5.74, 6) is -2.09. The minimum atomic E-state index is -1.32. The third kappa shape index (κ3) is 4.15. The molecule has 0 radical (unpaired) electrons. The van der Waals surface area contributed by atoms with Gasteiger partial charge in [0.25, 0.3) is 0 Å². The Kier molecular flexibility index (Phi) is 5.22. The Morgan fingerprint density at radius 2 is 1.59 bits per heavy atom. The summed E-state index contributed by atoms with van der Waals surface area (Å²) in [4.78, 5) is 23.6. The normalized spacial score (nSPS) is 19.3. The molecule has 1 atom stereocenters. The molecule has 1 aliphatic rings. The minimum Gasteiger partial charge on any atom is -0.479 e. The highest BCUT2D eigenvalue weighted by atomic mass is 16.4. The zero-order valence-electron chi connectivity index (χ0n) is 14.5. The number of carboxylic acids is 2. The predicted molar refractivity (Wildman–Crippen MR) is 104 cm³/mol. The number of benzene rings is 2. The van der Waals surface area contributed by atoms with Gasteiger partial charge in [0.1, 0.15) is 0 Å². The number of rotatable bonds is 6. The van der Waals surface area contributed by atoms with Crippen molar-refractivity contribution in [2.45, 2.75) is 12.0 Å². The third-order valence-corrected chi connectivity index (χ3v) is 4.37. The number of nitrogens with one attached hydrogen (secondary N) is 1. The molecule has 0 amide bonds. The number of hydrogen-bond acceptors (Lipinski definition) is 3. The average molecular weight is 361 g/mol. The minimum absolute atomic E-state index is 0.121. The molecule has 0 saturated carbocycles. The summed E-state index contributed by atoms with van der Waals surface area (Å²) in [6.45, 7) is 0. The van der Waals surface area contributed by atoms with Crippen molar-refractivity contribution in [1.29, 1.82) is 0 Å². The molecule has 2 aromatic rings. The van der Waals surface area contributed by atoms with E-state index in [0.717, 1.165) is 5.56 Å². The van der Waals surface area contributed by atoms with Crippen LogP contribution >= 0.6 is 0 Å². The van der Waals surface area contributed by atoms with Crippen molar-refractivity contribution in [3.8, 4) is 0 Å². The summed E-state index contributed by atoms with van der Waals surface area (Å²) >= 11 is 0. The van der Waals surface area contributed by atoms with Crippen LogP contribution in [0.4, 0.5) is 5.69 Å². The predicted octanol–water partition coefficient (Wildman–Crippen LogP) is 3.98. The van der Waals surface area contributed by atoms with Gasteiger partial charge in [0.15, 0.2) is 5.54 Å². The van der Waals surface area contributed by atoms with Gasteiger partial charge < -0.3 is 15.5 Å². The smallest absolute Gasteiger partial charge is 0.336 e. The van der Waals surface area contributed by atoms with Crippen molar-refractivity contribution < 1.29 is 19.8 Å². The zero-order chi connectivity index (χ0) is 19.3. The van der Waals surface area contributed by atoms with Gasteiger partial charge in [-0.2, -0.15) is 0 Å². The summed E-state index contributed by atoms with van der Waals surface area (Å²) in [5.41, 5.74) is 0.733. The molecule has 2 aromatic carbocycles. The van der Waals surface area contributed by atoms with Crippen LogP contribution in [0.1, 0.15) is 12.0 Å². The zero-order valence-corrected chi connectivity index (χ0v) is 14.5. The Morgan fingerprint density at radius 1 is 0.963 bits per heavy atom. The molecule has 5 nitrogen and oxygen atoms in total.